The van der Waals surface area contributed by atoms with E-state index >= 15 is 0 Å². The summed E-state index contributed by atoms with van der Waals surface area (Å²) >= 11 is 1.81. The molecule has 0 radical (unpaired) electrons. The Hall–Kier alpha value is -0.640. The average molecular weight is 188 g/mol. The van der Waals surface area contributed by atoms with Gasteiger partial charge >= 0.3 is 0 Å². The van der Waals surface area contributed by atoms with Crippen LogP contribution in [-0.2, 0) is 4.79 Å². The third-order valence-electron chi connectivity index (χ3n) is 1.38. The van der Waals surface area contributed by atoms with Crippen LogP contribution in [0.15, 0.2) is 11.8 Å². The number of nitrogens with two attached hydrogens (primary N) is 1. The first kappa shape index (κ1) is 11.4. The van der Waals surface area contributed by atoms with E-state index in [2.05, 4.69) is 11.6 Å². The summed E-state index contributed by atoms with van der Waals surface area (Å²) in [4.78, 5) is 10.5. The molecule has 0 spiro atoms. The highest BCUT2D eigenvalue weighted by Gasteiger charge is 1.94. The Labute approximate surface area is 77.8 Å². The van der Waals surface area contributed by atoms with Gasteiger partial charge in [0.15, 0.2) is 0 Å². The fourth-order valence-electron chi connectivity index (χ4n) is 0.615. The van der Waals surface area contributed by atoms with Crippen LogP contribution in [0.4, 0.5) is 0 Å². The second-order valence-corrected chi connectivity index (χ2v) is 3.48. The zero-order valence-electron chi connectivity index (χ0n) is 7.59. The molecule has 0 unspecified atom stereocenters. The minimum atomic E-state index is -0.368. The van der Waals surface area contributed by atoms with Gasteiger partial charge in [0, 0.05) is 18.3 Å². The number of amides is 1. The molecule has 0 saturated heterocycles. The number of primary amides is 1. The smallest absolute Gasteiger partial charge is 0.245 e. The van der Waals surface area contributed by atoms with E-state index in [1.807, 2.05) is 11.8 Å². The van der Waals surface area contributed by atoms with E-state index in [0.29, 0.717) is 5.57 Å². The second kappa shape index (κ2) is 7.03. The molecule has 0 saturated carbocycles. The van der Waals surface area contributed by atoms with Crippen molar-refractivity contribution in [1.29, 1.82) is 0 Å². The number of hydrogen-bond donors (Lipinski definition) is 2. The van der Waals surface area contributed by atoms with Crippen LogP contribution in [0.25, 0.3) is 0 Å². The highest BCUT2D eigenvalue weighted by Crippen LogP contribution is 1.93. The Morgan fingerprint density at radius 2 is 2.33 bits per heavy atom. The molecule has 0 fully saturated rings. The van der Waals surface area contributed by atoms with Crippen molar-refractivity contribution >= 4 is 17.7 Å². The molecule has 0 atom stereocenters. The zero-order chi connectivity index (χ0) is 9.40. The number of rotatable bonds is 6. The summed E-state index contributed by atoms with van der Waals surface area (Å²) in [5.41, 5.74) is 5.59. The largest absolute Gasteiger partial charge is 0.390 e. The number of nitrogens with one attached hydrogen (secondary N) is 1. The summed E-state index contributed by atoms with van der Waals surface area (Å²) in [6.07, 6.45) is 4.84. The van der Waals surface area contributed by atoms with Gasteiger partial charge in [0.25, 0.3) is 0 Å². The lowest BCUT2D eigenvalue weighted by Crippen LogP contribution is -2.16. The topological polar surface area (TPSA) is 55.1 Å². The van der Waals surface area contributed by atoms with E-state index in [1.165, 1.54) is 0 Å². The van der Waals surface area contributed by atoms with Gasteiger partial charge in [0.1, 0.15) is 0 Å². The maximum absolute atomic E-state index is 10.5. The lowest BCUT2D eigenvalue weighted by atomic mass is 10.3. The molecule has 0 aromatic heterocycles. The van der Waals surface area contributed by atoms with Crippen LogP contribution in [0, 0.1) is 0 Å². The van der Waals surface area contributed by atoms with Gasteiger partial charge in [-0.3, -0.25) is 4.79 Å². The molecule has 70 valence electrons. The first-order chi connectivity index (χ1) is 5.68. The highest BCUT2D eigenvalue weighted by atomic mass is 32.2. The summed E-state index contributed by atoms with van der Waals surface area (Å²) in [5.74, 6) is 0.767. The quantitative estimate of drug-likeness (QED) is 0.477. The Kier molecular flexibility index (Phi) is 6.66. The summed E-state index contributed by atoms with van der Waals surface area (Å²) in [7, 11) is 0. The van der Waals surface area contributed by atoms with Crippen molar-refractivity contribution in [3.63, 3.8) is 0 Å². The van der Waals surface area contributed by atoms with Crippen molar-refractivity contribution in [1.82, 2.24) is 5.32 Å². The van der Waals surface area contributed by atoms with E-state index in [0.717, 1.165) is 18.7 Å². The number of thioether (sulfide) groups is 1. The Bertz CT molecular complexity index is 168. The Morgan fingerprint density at radius 3 is 2.83 bits per heavy atom. The molecule has 1 amide bonds. The SMILES string of the molecule is CSCCCN/C=C(/C)C(N)=O. The van der Waals surface area contributed by atoms with E-state index < -0.39 is 0 Å². The van der Waals surface area contributed by atoms with Gasteiger partial charge in [-0.1, -0.05) is 0 Å². The summed E-state index contributed by atoms with van der Waals surface area (Å²) in [6.45, 7) is 2.59. The molecule has 0 rings (SSSR count). The van der Waals surface area contributed by atoms with Crippen LogP contribution in [-0.4, -0.2) is 24.5 Å². The molecule has 4 heteroatoms. The van der Waals surface area contributed by atoms with Crippen LogP contribution in [0.3, 0.4) is 0 Å². The van der Waals surface area contributed by atoms with Crippen LogP contribution in [0.5, 0.6) is 0 Å². The van der Waals surface area contributed by atoms with Gasteiger partial charge in [-0.25, -0.2) is 0 Å². The van der Waals surface area contributed by atoms with E-state index in [4.69, 9.17) is 5.73 Å². The fraction of sp³-hybridized carbons (Fsp3) is 0.625. The van der Waals surface area contributed by atoms with Crippen molar-refractivity contribution in [3.8, 4) is 0 Å². The number of carbonyl (C=O) groups is 1. The third kappa shape index (κ3) is 6.09. The summed E-state index contributed by atoms with van der Waals surface area (Å²) in [5, 5.41) is 3.03. The predicted molar refractivity (Wildman–Crippen MR) is 54.0 cm³/mol. The van der Waals surface area contributed by atoms with E-state index in [-0.39, 0.29) is 5.91 Å². The molecule has 0 bridgehead atoms. The van der Waals surface area contributed by atoms with Crippen molar-refractivity contribution in [2.45, 2.75) is 13.3 Å². The minimum Gasteiger partial charge on any atom is -0.390 e. The Balaban J connectivity index is 3.40. The molecule has 0 heterocycles. The molecule has 3 N–H and O–H groups in total. The molecule has 0 aliphatic carbocycles. The molecular weight excluding hydrogens is 172 g/mol. The van der Waals surface area contributed by atoms with Gasteiger partial charge in [-0.2, -0.15) is 11.8 Å². The van der Waals surface area contributed by atoms with Crippen LogP contribution < -0.4 is 11.1 Å². The highest BCUT2D eigenvalue weighted by molar-refractivity contribution is 7.98. The lowest BCUT2D eigenvalue weighted by molar-refractivity contribution is -0.114. The van der Waals surface area contributed by atoms with Crippen LogP contribution in [0.2, 0.25) is 0 Å². The third-order valence-corrected chi connectivity index (χ3v) is 2.07. The van der Waals surface area contributed by atoms with E-state index in [9.17, 15) is 4.79 Å². The predicted octanol–water partition coefficient (Wildman–Crippen LogP) is 0.718. The molecule has 0 aliphatic rings. The minimum absolute atomic E-state index is 0.368. The van der Waals surface area contributed by atoms with Gasteiger partial charge < -0.3 is 11.1 Å². The van der Waals surface area contributed by atoms with Crippen molar-refractivity contribution in [3.05, 3.63) is 11.8 Å². The molecular formula is C8H16N2OS. The normalized spacial score (nSPS) is 11.3. The lowest BCUT2D eigenvalue weighted by Gasteiger charge is -2.00. The average Bonchev–Trinajstić information content (AvgIpc) is 2.03. The standard InChI is InChI=1S/C8H16N2OS/c1-7(8(9)11)6-10-4-3-5-12-2/h6,10H,3-5H2,1-2H3,(H2,9,11)/b7-6-. The molecule has 0 aliphatic heterocycles. The molecule has 0 aromatic rings. The van der Waals surface area contributed by atoms with E-state index in [1.54, 1.807) is 13.1 Å². The van der Waals surface area contributed by atoms with Crippen molar-refractivity contribution in [2.24, 2.45) is 5.73 Å². The zero-order valence-corrected chi connectivity index (χ0v) is 8.41. The van der Waals surface area contributed by atoms with Crippen LogP contribution >= 0.6 is 11.8 Å². The van der Waals surface area contributed by atoms with Crippen LogP contribution in [0.1, 0.15) is 13.3 Å². The maximum atomic E-state index is 10.5. The van der Waals surface area contributed by atoms with Crippen molar-refractivity contribution in [2.75, 3.05) is 18.6 Å². The second-order valence-electron chi connectivity index (χ2n) is 2.49. The van der Waals surface area contributed by atoms with Crippen molar-refractivity contribution < 1.29 is 4.79 Å². The molecule has 0 aromatic carbocycles. The van der Waals surface area contributed by atoms with Gasteiger partial charge in [0.05, 0.1) is 0 Å². The molecule has 3 nitrogen and oxygen atoms in total. The monoisotopic (exact) mass is 188 g/mol. The maximum Gasteiger partial charge on any atom is 0.245 e. The van der Waals surface area contributed by atoms with Gasteiger partial charge in [-0.15, -0.1) is 0 Å². The Morgan fingerprint density at radius 1 is 1.67 bits per heavy atom. The summed E-state index contributed by atoms with van der Waals surface area (Å²) in [6, 6.07) is 0. The van der Waals surface area contributed by atoms with Gasteiger partial charge in [0.2, 0.25) is 5.91 Å². The number of carbonyl (C=O) groups excluding carboxylic acids is 1. The first-order valence-electron chi connectivity index (χ1n) is 3.87. The van der Waals surface area contributed by atoms with Gasteiger partial charge in [-0.05, 0) is 25.4 Å². The number of hydrogen-bond acceptors (Lipinski definition) is 3. The fourth-order valence-corrected chi connectivity index (χ4v) is 1.05. The first-order valence-corrected chi connectivity index (χ1v) is 5.26. The molecule has 12 heavy (non-hydrogen) atoms. The summed E-state index contributed by atoms with van der Waals surface area (Å²) < 4.78 is 0.